The van der Waals surface area contributed by atoms with E-state index in [1.807, 2.05) is 0 Å². The minimum atomic E-state index is 0.305. The maximum absolute atomic E-state index is 8.92. The molecule has 3 nitrogen and oxygen atoms in total. The number of halogens is 1. The molecule has 1 aromatic carbocycles. The van der Waals surface area contributed by atoms with Crippen LogP contribution < -0.4 is 4.74 Å². The van der Waals surface area contributed by atoms with Crippen molar-refractivity contribution < 1.29 is 9.47 Å². The van der Waals surface area contributed by atoms with E-state index in [1.165, 1.54) is 0 Å². The third-order valence-electron chi connectivity index (χ3n) is 2.79. The van der Waals surface area contributed by atoms with Gasteiger partial charge in [-0.15, -0.1) is 0 Å². The van der Waals surface area contributed by atoms with Crippen molar-refractivity contribution in [2.45, 2.75) is 25.4 Å². The second-order valence-electron chi connectivity index (χ2n) is 4.02. The standard InChI is InChI=1S/C13H14ClNO2/c14-11-4-3-10(9-15)13(8-11)17-7-5-12-2-1-6-16-12/h3-4,8,12H,1-2,5-7H2. The van der Waals surface area contributed by atoms with E-state index in [0.29, 0.717) is 29.0 Å². The molecule has 17 heavy (non-hydrogen) atoms. The summed E-state index contributed by atoms with van der Waals surface area (Å²) >= 11 is 5.87. The molecular weight excluding hydrogens is 238 g/mol. The molecule has 90 valence electrons. The van der Waals surface area contributed by atoms with Gasteiger partial charge >= 0.3 is 0 Å². The Kier molecular flexibility index (Phi) is 4.24. The van der Waals surface area contributed by atoms with Crippen molar-refractivity contribution in [1.82, 2.24) is 0 Å². The van der Waals surface area contributed by atoms with Gasteiger partial charge in [-0.05, 0) is 25.0 Å². The first-order valence-electron chi connectivity index (χ1n) is 5.73. The summed E-state index contributed by atoms with van der Waals surface area (Å²) in [4.78, 5) is 0. The zero-order valence-corrected chi connectivity index (χ0v) is 10.2. The van der Waals surface area contributed by atoms with Gasteiger partial charge in [-0.25, -0.2) is 0 Å². The van der Waals surface area contributed by atoms with Crippen molar-refractivity contribution >= 4 is 11.6 Å². The number of nitriles is 1. The van der Waals surface area contributed by atoms with Crippen LogP contribution in [0.4, 0.5) is 0 Å². The smallest absolute Gasteiger partial charge is 0.138 e. The van der Waals surface area contributed by atoms with Crippen LogP contribution in [-0.2, 0) is 4.74 Å². The summed E-state index contributed by atoms with van der Waals surface area (Å²) < 4.78 is 11.1. The topological polar surface area (TPSA) is 42.2 Å². The van der Waals surface area contributed by atoms with E-state index in [-0.39, 0.29) is 0 Å². The molecular formula is C13H14ClNO2. The Morgan fingerprint density at radius 1 is 1.53 bits per heavy atom. The fourth-order valence-electron chi connectivity index (χ4n) is 1.88. The highest BCUT2D eigenvalue weighted by atomic mass is 35.5. The lowest BCUT2D eigenvalue weighted by Gasteiger charge is -2.11. The summed E-state index contributed by atoms with van der Waals surface area (Å²) in [5.74, 6) is 0.554. The molecule has 1 fully saturated rings. The van der Waals surface area contributed by atoms with Gasteiger partial charge < -0.3 is 9.47 Å². The molecule has 0 bridgehead atoms. The Balaban J connectivity index is 1.89. The first-order valence-corrected chi connectivity index (χ1v) is 6.11. The minimum Gasteiger partial charge on any atom is -0.492 e. The molecule has 0 amide bonds. The third-order valence-corrected chi connectivity index (χ3v) is 3.02. The van der Waals surface area contributed by atoms with E-state index >= 15 is 0 Å². The predicted octanol–water partition coefficient (Wildman–Crippen LogP) is 3.16. The average Bonchev–Trinajstić information content (AvgIpc) is 2.82. The Morgan fingerprint density at radius 2 is 2.41 bits per heavy atom. The van der Waals surface area contributed by atoms with Crippen molar-refractivity contribution in [3.05, 3.63) is 28.8 Å². The summed E-state index contributed by atoms with van der Waals surface area (Å²) in [6.45, 7) is 1.41. The molecule has 0 radical (unpaired) electrons. The van der Waals surface area contributed by atoms with E-state index < -0.39 is 0 Å². The summed E-state index contributed by atoms with van der Waals surface area (Å²) in [6, 6.07) is 7.12. The van der Waals surface area contributed by atoms with Gasteiger partial charge in [0.1, 0.15) is 11.8 Å². The molecule has 1 aliphatic heterocycles. The van der Waals surface area contributed by atoms with Crippen molar-refractivity contribution in [1.29, 1.82) is 5.26 Å². The third kappa shape index (κ3) is 3.36. The van der Waals surface area contributed by atoms with E-state index in [2.05, 4.69) is 6.07 Å². The van der Waals surface area contributed by atoms with Crippen LogP contribution >= 0.6 is 11.6 Å². The van der Waals surface area contributed by atoms with Gasteiger partial charge in [-0.2, -0.15) is 5.26 Å². The molecule has 1 unspecified atom stereocenters. The maximum atomic E-state index is 8.92. The lowest BCUT2D eigenvalue weighted by molar-refractivity contribution is 0.0903. The van der Waals surface area contributed by atoms with Crippen LogP contribution in [0, 0.1) is 11.3 Å². The van der Waals surface area contributed by atoms with Gasteiger partial charge in [0.15, 0.2) is 0 Å². The van der Waals surface area contributed by atoms with Crippen molar-refractivity contribution in [3.63, 3.8) is 0 Å². The maximum Gasteiger partial charge on any atom is 0.138 e. The van der Waals surface area contributed by atoms with Gasteiger partial charge in [0.25, 0.3) is 0 Å². The number of benzene rings is 1. The van der Waals surface area contributed by atoms with Crippen molar-refractivity contribution in [2.75, 3.05) is 13.2 Å². The Labute approximate surface area is 106 Å². The number of ether oxygens (including phenoxy) is 2. The highest BCUT2D eigenvalue weighted by Crippen LogP contribution is 2.23. The highest BCUT2D eigenvalue weighted by molar-refractivity contribution is 6.30. The van der Waals surface area contributed by atoms with Crippen LogP contribution in [0.25, 0.3) is 0 Å². The number of hydrogen-bond acceptors (Lipinski definition) is 3. The highest BCUT2D eigenvalue weighted by Gasteiger charge is 2.15. The number of hydrogen-bond donors (Lipinski definition) is 0. The average molecular weight is 252 g/mol. The zero-order chi connectivity index (χ0) is 12.1. The molecule has 1 saturated heterocycles. The molecule has 2 rings (SSSR count). The molecule has 1 atom stereocenters. The first-order chi connectivity index (χ1) is 8.29. The van der Waals surface area contributed by atoms with Crippen LogP contribution in [0.1, 0.15) is 24.8 Å². The molecule has 1 aliphatic rings. The van der Waals surface area contributed by atoms with Gasteiger partial charge in [-0.1, -0.05) is 11.6 Å². The fourth-order valence-corrected chi connectivity index (χ4v) is 2.04. The second kappa shape index (κ2) is 5.90. The Morgan fingerprint density at radius 3 is 3.12 bits per heavy atom. The molecule has 0 aromatic heterocycles. The van der Waals surface area contributed by atoms with E-state index in [0.717, 1.165) is 25.9 Å². The summed E-state index contributed by atoms with van der Waals surface area (Å²) in [5, 5.41) is 9.50. The predicted molar refractivity (Wildman–Crippen MR) is 65.3 cm³/mol. The minimum absolute atomic E-state index is 0.305. The summed E-state index contributed by atoms with van der Waals surface area (Å²) in [6.07, 6.45) is 3.40. The van der Waals surface area contributed by atoms with Crippen LogP contribution in [-0.4, -0.2) is 19.3 Å². The number of rotatable bonds is 4. The fraction of sp³-hybridized carbons (Fsp3) is 0.462. The zero-order valence-electron chi connectivity index (χ0n) is 9.49. The Bertz CT molecular complexity index is 422. The molecule has 4 heteroatoms. The SMILES string of the molecule is N#Cc1ccc(Cl)cc1OCCC1CCCO1. The largest absolute Gasteiger partial charge is 0.492 e. The second-order valence-corrected chi connectivity index (χ2v) is 4.46. The number of nitrogens with zero attached hydrogens (tertiary/aromatic N) is 1. The Hall–Kier alpha value is -1.24. The first kappa shape index (κ1) is 12.2. The molecule has 0 saturated carbocycles. The summed E-state index contributed by atoms with van der Waals surface area (Å²) in [5.41, 5.74) is 0.516. The lowest BCUT2D eigenvalue weighted by Crippen LogP contribution is -2.11. The van der Waals surface area contributed by atoms with Crippen LogP contribution in [0.5, 0.6) is 5.75 Å². The summed E-state index contributed by atoms with van der Waals surface area (Å²) in [7, 11) is 0. The van der Waals surface area contributed by atoms with Gasteiger partial charge in [-0.3, -0.25) is 0 Å². The quantitative estimate of drug-likeness (QED) is 0.826. The molecule has 0 aliphatic carbocycles. The van der Waals surface area contributed by atoms with Crippen molar-refractivity contribution in [3.8, 4) is 11.8 Å². The van der Waals surface area contributed by atoms with Crippen LogP contribution in [0.15, 0.2) is 18.2 Å². The van der Waals surface area contributed by atoms with Crippen LogP contribution in [0.2, 0.25) is 5.02 Å². The van der Waals surface area contributed by atoms with Crippen LogP contribution in [0.3, 0.4) is 0 Å². The van der Waals surface area contributed by atoms with E-state index in [1.54, 1.807) is 18.2 Å². The lowest BCUT2D eigenvalue weighted by atomic mass is 10.2. The monoisotopic (exact) mass is 251 g/mol. The van der Waals surface area contributed by atoms with Gasteiger partial charge in [0.05, 0.1) is 18.3 Å². The molecule has 0 spiro atoms. The normalized spacial score (nSPS) is 18.9. The van der Waals surface area contributed by atoms with Gasteiger partial charge in [0, 0.05) is 24.1 Å². The molecule has 0 N–H and O–H groups in total. The van der Waals surface area contributed by atoms with Gasteiger partial charge in [0.2, 0.25) is 0 Å². The van der Waals surface area contributed by atoms with E-state index in [9.17, 15) is 0 Å². The molecule has 1 heterocycles. The van der Waals surface area contributed by atoms with E-state index in [4.69, 9.17) is 26.3 Å². The van der Waals surface area contributed by atoms with Crippen molar-refractivity contribution in [2.24, 2.45) is 0 Å². The molecule has 1 aromatic rings.